The average Bonchev–Trinajstić information content (AvgIpc) is 3.63. The normalized spacial score (nSPS) is 13.4. The Hall–Kier alpha value is -6.90. The van der Waals surface area contributed by atoms with Gasteiger partial charge in [-0.1, -0.05) is 165 Å². The molecule has 58 heavy (non-hydrogen) atoms. The Morgan fingerprint density at radius 2 is 1.03 bits per heavy atom. The molecule has 1 heterocycles. The van der Waals surface area contributed by atoms with Gasteiger partial charge in [-0.3, -0.25) is 0 Å². The zero-order chi connectivity index (χ0) is 38.4. The van der Waals surface area contributed by atoms with Crippen LogP contribution < -0.4 is 4.90 Å². The lowest BCUT2D eigenvalue weighted by Crippen LogP contribution is -2.11. The molecule has 0 atom stereocenters. The SMILES string of the molecule is c1ccc(-n2c3ccccc3c3cc(N(c4ccc(-c5cccc6ccccc56)cc4)c4ccccc4-c4cccc5cccc(C6CCCCC6)c45)ccc32)cc1. The molecule has 1 saturated carbocycles. The third-order valence-electron chi connectivity index (χ3n) is 12.6. The molecule has 0 aliphatic heterocycles. The van der Waals surface area contributed by atoms with E-state index in [1.165, 1.54) is 103 Å². The maximum atomic E-state index is 2.48. The van der Waals surface area contributed by atoms with E-state index in [2.05, 4.69) is 210 Å². The highest BCUT2D eigenvalue weighted by atomic mass is 15.1. The Kier molecular flexibility index (Phi) is 8.62. The molecule has 2 heteroatoms. The van der Waals surface area contributed by atoms with Gasteiger partial charge < -0.3 is 9.47 Å². The van der Waals surface area contributed by atoms with Gasteiger partial charge in [0.2, 0.25) is 0 Å². The Morgan fingerprint density at radius 3 is 1.88 bits per heavy atom. The van der Waals surface area contributed by atoms with Gasteiger partial charge >= 0.3 is 0 Å². The molecule has 0 unspecified atom stereocenters. The largest absolute Gasteiger partial charge is 0.310 e. The van der Waals surface area contributed by atoms with Gasteiger partial charge in [0.25, 0.3) is 0 Å². The second-order valence-electron chi connectivity index (χ2n) is 15.9. The molecule has 1 fully saturated rings. The predicted octanol–water partition coefficient (Wildman–Crippen LogP) is 15.9. The van der Waals surface area contributed by atoms with E-state index in [0.717, 1.165) is 22.7 Å². The third kappa shape index (κ3) is 5.87. The Morgan fingerprint density at radius 1 is 0.414 bits per heavy atom. The third-order valence-corrected chi connectivity index (χ3v) is 12.6. The first kappa shape index (κ1) is 34.4. The van der Waals surface area contributed by atoms with Gasteiger partial charge in [-0.25, -0.2) is 0 Å². The number of fused-ring (bicyclic) bond motifs is 5. The predicted molar refractivity (Wildman–Crippen MR) is 247 cm³/mol. The summed E-state index contributed by atoms with van der Waals surface area (Å²) >= 11 is 0. The maximum Gasteiger partial charge on any atom is 0.0542 e. The number of benzene rings is 9. The van der Waals surface area contributed by atoms with E-state index in [1.54, 1.807) is 0 Å². The molecular weight excluding hydrogens is 701 g/mol. The number of anilines is 3. The molecular formula is C56H44N2. The van der Waals surface area contributed by atoms with Crippen molar-refractivity contribution in [2.75, 3.05) is 4.90 Å². The summed E-state index contributed by atoms with van der Waals surface area (Å²) in [6.45, 7) is 0. The lowest BCUT2D eigenvalue weighted by atomic mass is 9.80. The summed E-state index contributed by atoms with van der Waals surface area (Å²) in [6, 6.07) is 74.0. The van der Waals surface area contributed by atoms with Crippen molar-refractivity contribution in [3.05, 3.63) is 206 Å². The van der Waals surface area contributed by atoms with Crippen molar-refractivity contribution in [1.82, 2.24) is 4.57 Å². The van der Waals surface area contributed by atoms with Gasteiger partial charge in [0, 0.05) is 33.4 Å². The summed E-state index contributed by atoms with van der Waals surface area (Å²) in [7, 11) is 0. The summed E-state index contributed by atoms with van der Waals surface area (Å²) in [5.41, 5.74) is 13.5. The standard InChI is InChI=1S/C56H44N2/c1-3-16-40(17-4-1)48-28-14-20-42-21-15-29-51(56(42)48)49-25-9-11-30-53(49)57(44-34-32-41(33-35-44)47-27-13-19-39-18-7-8-24-46(39)47)45-36-37-55-52(38-45)50-26-10-12-31-54(50)58(55)43-22-5-2-6-23-43/h2,5-15,18-38,40H,1,3-4,16-17H2. The molecule has 0 spiro atoms. The lowest BCUT2D eigenvalue weighted by molar-refractivity contribution is 0.445. The quantitative estimate of drug-likeness (QED) is 0.158. The summed E-state index contributed by atoms with van der Waals surface area (Å²) in [6.07, 6.45) is 6.50. The molecule has 1 aliphatic rings. The summed E-state index contributed by atoms with van der Waals surface area (Å²) in [4.78, 5) is 2.48. The van der Waals surface area contributed by atoms with Crippen molar-refractivity contribution in [2.24, 2.45) is 0 Å². The number of rotatable bonds is 7. The van der Waals surface area contributed by atoms with Crippen LogP contribution in [0.2, 0.25) is 0 Å². The highest BCUT2D eigenvalue weighted by molar-refractivity contribution is 6.11. The Bertz CT molecular complexity index is 3080. The van der Waals surface area contributed by atoms with Gasteiger partial charge in [0.15, 0.2) is 0 Å². The van der Waals surface area contributed by atoms with Crippen LogP contribution in [-0.2, 0) is 0 Å². The fraction of sp³-hybridized carbons (Fsp3) is 0.107. The van der Waals surface area contributed by atoms with Crippen LogP contribution in [0.15, 0.2) is 200 Å². The van der Waals surface area contributed by atoms with Gasteiger partial charge in [-0.15, -0.1) is 0 Å². The Balaban J connectivity index is 1.13. The van der Waals surface area contributed by atoms with Crippen LogP contribution in [0.3, 0.4) is 0 Å². The first-order valence-electron chi connectivity index (χ1n) is 20.9. The van der Waals surface area contributed by atoms with E-state index in [9.17, 15) is 0 Å². The van der Waals surface area contributed by atoms with E-state index in [0.29, 0.717) is 5.92 Å². The topological polar surface area (TPSA) is 8.17 Å². The minimum Gasteiger partial charge on any atom is -0.310 e. The smallest absolute Gasteiger partial charge is 0.0542 e. The highest BCUT2D eigenvalue weighted by Gasteiger charge is 2.24. The average molecular weight is 745 g/mol. The van der Waals surface area contributed by atoms with Gasteiger partial charge in [0.05, 0.1) is 16.7 Å². The number of hydrogen-bond donors (Lipinski definition) is 0. The number of para-hydroxylation sites is 3. The van der Waals surface area contributed by atoms with Gasteiger partial charge in [-0.2, -0.15) is 0 Å². The molecule has 0 amide bonds. The van der Waals surface area contributed by atoms with Crippen LogP contribution in [0.25, 0.3) is 71.3 Å². The van der Waals surface area contributed by atoms with E-state index in [-0.39, 0.29) is 0 Å². The van der Waals surface area contributed by atoms with Crippen molar-refractivity contribution in [3.63, 3.8) is 0 Å². The zero-order valence-electron chi connectivity index (χ0n) is 32.6. The molecule has 0 N–H and O–H groups in total. The maximum absolute atomic E-state index is 2.48. The first-order chi connectivity index (χ1) is 28.8. The molecule has 278 valence electrons. The van der Waals surface area contributed by atoms with E-state index < -0.39 is 0 Å². The van der Waals surface area contributed by atoms with Crippen molar-refractivity contribution >= 4 is 60.4 Å². The fourth-order valence-corrected chi connectivity index (χ4v) is 9.89. The van der Waals surface area contributed by atoms with Crippen LogP contribution in [0.1, 0.15) is 43.6 Å². The van der Waals surface area contributed by atoms with E-state index in [1.807, 2.05) is 0 Å². The molecule has 1 aliphatic carbocycles. The van der Waals surface area contributed by atoms with Crippen LogP contribution in [0.5, 0.6) is 0 Å². The van der Waals surface area contributed by atoms with Crippen molar-refractivity contribution in [1.29, 1.82) is 0 Å². The molecule has 9 aromatic carbocycles. The molecule has 0 saturated heterocycles. The van der Waals surface area contributed by atoms with E-state index in [4.69, 9.17) is 0 Å². The minimum atomic E-state index is 0.591. The number of nitrogens with zero attached hydrogens (tertiary/aromatic N) is 2. The first-order valence-corrected chi connectivity index (χ1v) is 20.9. The molecule has 0 bridgehead atoms. The second kappa shape index (κ2) is 14.6. The fourth-order valence-electron chi connectivity index (χ4n) is 9.89. The summed E-state index contributed by atoms with van der Waals surface area (Å²) < 4.78 is 2.40. The second-order valence-corrected chi connectivity index (χ2v) is 15.9. The lowest BCUT2D eigenvalue weighted by Gasteiger charge is -2.29. The Labute approximate surface area is 340 Å². The monoisotopic (exact) mass is 744 g/mol. The molecule has 10 aromatic rings. The zero-order valence-corrected chi connectivity index (χ0v) is 32.6. The van der Waals surface area contributed by atoms with Crippen LogP contribution >= 0.6 is 0 Å². The summed E-state index contributed by atoms with van der Waals surface area (Å²) in [5, 5.41) is 7.72. The van der Waals surface area contributed by atoms with Crippen molar-refractivity contribution in [2.45, 2.75) is 38.0 Å². The van der Waals surface area contributed by atoms with Crippen molar-refractivity contribution < 1.29 is 0 Å². The molecule has 1 aromatic heterocycles. The molecule has 0 radical (unpaired) electrons. The number of aromatic nitrogens is 1. The van der Waals surface area contributed by atoms with Gasteiger partial charge in [-0.05, 0) is 117 Å². The van der Waals surface area contributed by atoms with E-state index >= 15 is 0 Å². The van der Waals surface area contributed by atoms with Crippen LogP contribution in [-0.4, -0.2) is 4.57 Å². The van der Waals surface area contributed by atoms with Crippen molar-refractivity contribution in [3.8, 4) is 27.9 Å². The number of hydrogen-bond acceptors (Lipinski definition) is 1. The van der Waals surface area contributed by atoms with Crippen LogP contribution in [0.4, 0.5) is 17.1 Å². The minimum absolute atomic E-state index is 0.591. The summed E-state index contributed by atoms with van der Waals surface area (Å²) in [5.74, 6) is 0.591. The van der Waals surface area contributed by atoms with Crippen LogP contribution in [0, 0.1) is 0 Å². The molecule has 11 rings (SSSR count). The molecule has 2 nitrogen and oxygen atoms in total. The highest BCUT2D eigenvalue weighted by Crippen LogP contribution is 2.47. The van der Waals surface area contributed by atoms with Gasteiger partial charge in [0.1, 0.15) is 0 Å².